The van der Waals surface area contributed by atoms with Crippen molar-refractivity contribution in [2.75, 3.05) is 19.7 Å². The Balaban J connectivity index is 0.00000144. The van der Waals surface area contributed by atoms with Crippen molar-refractivity contribution in [2.45, 2.75) is 44.8 Å². The summed E-state index contributed by atoms with van der Waals surface area (Å²) < 4.78 is 5.49. The average Bonchev–Trinajstić information content (AvgIpc) is 2.86. The summed E-state index contributed by atoms with van der Waals surface area (Å²) in [6.07, 6.45) is 3.92. The summed E-state index contributed by atoms with van der Waals surface area (Å²) in [6, 6.07) is 0.195. The first-order valence-electron chi connectivity index (χ1n) is 6.32. The molecule has 0 spiro atoms. The van der Waals surface area contributed by atoms with Crippen LogP contribution in [0.5, 0.6) is 0 Å². The van der Waals surface area contributed by atoms with E-state index in [1.54, 1.807) is 0 Å². The van der Waals surface area contributed by atoms with Crippen molar-refractivity contribution in [2.24, 2.45) is 11.7 Å². The van der Waals surface area contributed by atoms with Crippen LogP contribution in [0.1, 0.15) is 32.6 Å². The van der Waals surface area contributed by atoms with Crippen LogP contribution in [0.25, 0.3) is 0 Å². The zero-order chi connectivity index (χ0) is 11.5. The van der Waals surface area contributed by atoms with Crippen LogP contribution in [0.3, 0.4) is 0 Å². The molecule has 4 nitrogen and oxygen atoms in total. The van der Waals surface area contributed by atoms with Crippen LogP contribution >= 0.6 is 12.4 Å². The van der Waals surface area contributed by atoms with Crippen molar-refractivity contribution in [1.82, 2.24) is 4.90 Å². The Kier molecular flexibility index (Phi) is 5.70. The van der Waals surface area contributed by atoms with Gasteiger partial charge in [-0.3, -0.25) is 4.79 Å². The molecule has 2 aliphatic heterocycles. The summed E-state index contributed by atoms with van der Waals surface area (Å²) in [7, 11) is 0. The van der Waals surface area contributed by atoms with Gasteiger partial charge in [-0.2, -0.15) is 0 Å². The fraction of sp³-hybridized carbons (Fsp3) is 0.917. The summed E-state index contributed by atoms with van der Waals surface area (Å²) >= 11 is 0. The summed E-state index contributed by atoms with van der Waals surface area (Å²) in [5.41, 5.74) is 5.86. The molecule has 0 saturated carbocycles. The average molecular weight is 263 g/mol. The largest absolute Gasteiger partial charge is 0.378 e. The van der Waals surface area contributed by atoms with Gasteiger partial charge in [0, 0.05) is 25.7 Å². The van der Waals surface area contributed by atoms with Gasteiger partial charge in [0.05, 0.1) is 12.5 Å². The molecule has 3 unspecified atom stereocenters. The topological polar surface area (TPSA) is 55.6 Å². The van der Waals surface area contributed by atoms with Gasteiger partial charge in [0.1, 0.15) is 0 Å². The number of amides is 1. The van der Waals surface area contributed by atoms with Crippen LogP contribution in [0, 0.1) is 5.92 Å². The molecule has 3 atom stereocenters. The molecule has 0 aromatic heterocycles. The van der Waals surface area contributed by atoms with Crippen molar-refractivity contribution in [3.05, 3.63) is 0 Å². The van der Waals surface area contributed by atoms with Gasteiger partial charge in [0.25, 0.3) is 0 Å². The fourth-order valence-electron chi connectivity index (χ4n) is 2.57. The lowest BCUT2D eigenvalue weighted by Crippen LogP contribution is -2.34. The minimum absolute atomic E-state index is 0. The quantitative estimate of drug-likeness (QED) is 0.831. The van der Waals surface area contributed by atoms with E-state index in [1.165, 1.54) is 0 Å². The SMILES string of the molecule is CC(N)C1CCN(C(=O)CC2CCCO2)C1.Cl. The van der Waals surface area contributed by atoms with E-state index in [1.807, 2.05) is 11.8 Å². The molecule has 2 saturated heterocycles. The Bertz CT molecular complexity index is 255. The van der Waals surface area contributed by atoms with E-state index in [2.05, 4.69) is 0 Å². The molecule has 2 aliphatic rings. The first-order valence-corrected chi connectivity index (χ1v) is 6.32. The number of carbonyl (C=O) groups is 1. The first kappa shape index (κ1) is 14.7. The molecule has 0 aromatic carbocycles. The second-order valence-electron chi connectivity index (χ2n) is 5.09. The third kappa shape index (κ3) is 3.83. The molecule has 0 bridgehead atoms. The van der Waals surface area contributed by atoms with E-state index in [0.29, 0.717) is 12.3 Å². The van der Waals surface area contributed by atoms with E-state index in [4.69, 9.17) is 10.5 Å². The van der Waals surface area contributed by atoms with Crippen LogP contribution in [0.4, 0.5) is 0 Å². The number of likely N-dealkylation sites (tertiary alicyclic amines) is 1. The maximum Gasteiger partial charge on any atom is 0.225 e. The standard InChI is InChI=1S/C12H22N2O2.ClH/c1-9(13)10-4-5-14(8-10)12(15)7-11-3-2-6-16-11;/h9-11H,2-8,13H2,1H3;1H. The Morgan fingerprint density at radius 3 is 2.82 bits per heavy atom. The van der Waals surface area contributed by atoms with E-state index in [0.717, 1.165) is 39.0 Å². The molecular formula is C12H23ClN2O2. The van der Waals surface area contributed by atoms with E-state index < -0.39 is 0 Å². The van der Waals surface area contributed by atoms with Crippen molar-refractivity contribution in [1.29, 1.82) is 0 Å². The lowest BCUT2D eigenvalue weighted by molar-refractivity contribution is -0.132. The molecule has 2 N–H and O–H groups in total. The predicted octanol–water partition coefficient (Wildman–Crippen LogP) is 1.17. The molecule has 17 heavy (non-hydrogen) atoms. The molecule has 0 radical (unpaired) electrons. The zero-order valence-corrected chi connectivity index (χ0v) is 11.2. The number of nitrogens with two attached hydrogens (primary N) is 1. The van der Waals surface area contributed by atoms with Crippen LogP contribution in [0.2, 0.25) is 0 Å². The predicted molar refractivity (Wildman–Crippen MR) is 69.2 cm³/mol. The van der Waals surface area contributed by atoms with Crippen LogP contribution < -0.4 is 5.73 Å². The van der Waals surface area contributed by atoms with Crippen molar-refractivity contribution in [3.63, 3.8) is 0 Å². The molecule has 0 aromatic rings. The zero-order valence-electron chi connectivity index (χ0n) is 10.4. The van der Waals surface area contributed by atoms with Crippen LogP contribution in [-0.2, 0) is 9.53 Å². The number of halogens is 1. The van der Waals surface area contributed by atoms with Gasteiger partial charge < -0.3 is 15.4 Å². The van der Waals surface area contributed by atoms with Crippen molar-refractivity contribution in [3.8, 4) is 0 Å². The summed E-state index contributed by atoms with van der Waals surface area (Å²) in [4.78, 5) is 13.9. The highest BCUT2D eigenvalue weighted by Gasteiger charge is 2.30. The normalized spacial score (nSPS) is 30.1. The smallest absolute Gasteiger partial charge is 0.225 e. The third-order valence-electron chi connectivity index (χ3n) is 3.75. The minimum Gasteiger partial charge on any atom is -0.378 e. The van der Waals surface area contributed by atoms with Gasteiger partial charge >= 0.3 is 0 Å². The van der Waals surface area contributed by atoms with Crippen LogP contribution in [0.15, 0.2) is 0 Å². The van der Waals surface area contributed by atoms with Gasteiger partial charge in [-0.15, -0.1) is 12.4 Å². The number of hydrogen-bond donors (Lipinski definition) is 1. The Morgan fingerprint density at radius 2 is 2.29 bits per heavy atom. The fourth-order valence-corrected chi connectivity index (χ4v) is 2.57. The monoisotopic (exact) mass is 262 g/mol. The highest BCUT2D eigenvalue weighted by Crippen LogP contribution is 2.22. The summed E-state index contributed by atoms with van der Waals surface area (Å²) in [5, 5.41) is 0. The Morgan fingerprint density at radius 1 is 1.53 bits per heavy atom. The van der Waals surface area contributed by atoms with Gasteiger partial charge in [-0.1, -0.05) is 0 Å². The maximum atomic E-state index is 12.0. The number of nitrogens with zero attached hydrogens (tertiary/aromatic N) is 1. The molecule has 2 fully saturated rings. The molecular weight excluding hydrogens is 240 g/mol. The molecule has 5 heteroatoms. The number of ether oxygens (including phenoxy) is 1. The Hall–Kier alpha value is -0.320. The molecule has 100 valence electrons. The van der Waals surface area contributed by atoms with Gasteiger partial charge in [0.2, 0.25) is 5.91 Å². The van der Waals surface area contributed by atoms with E-state index in [-0.39, 0.29) is 30.5 Å². The number of hydrogen-bond acceptors (Lipinski definition) is 3. The molecule has 0 aliphatic carbocycles. The number of rotatable bonds is 3. The van der Waals surface area contributed by atoms with Gasteiger partial charge in [-0.25, -0.2) is 0 Å². The first-order chi connectivity index (χ1) is 7.66. The molecule has 2 rings (SSSR count). The molecule has 1 amide bonds. The highest BCUT2D eigenvalue weighted by molar-refractivity contribution is 5.85. The van der Waals surface area contributed by atoms with Gasteiger partial charge in [0.15, 0.2) is 0 Å². The van der Waals surface area contributed by atoms with E-state index in [9.17, 15) is 4.79 Å². The van der Waals surface area contributed by atoms with Crippen molar-refractivity contribution < 1.29 is 9.53 Å². The highest BCUT2D eigenvalue weighted by atomic mass is 35.5. The second kappa shape index (κ2) is 6.57. The lowest BCUT2D eigenvalue weighted by atomic mass is 10.0. The van der Waals surface area contributed by atoms with Crippen LogP contribution in [-0.4, -0.2) is 42.6 Å². The third-order valence-corrected chi connectivity index (χ3v) is 3.75. The summed E-state index contributed by atoms with van der Waals surface area (Å²) in [6.45, 7) is 4.56. The molecule has 2 heterocycles. The van der Waals surface area contributed by atoms with E-state index >= 15 is 0 Å². The maximum absolute atomic E-state index is 12.0. The summed E-state index contributed by atoms with van der Waals surface area (Å²) in [5.74, 6) is 0.725. The minimum atomic E-state index is 0. The lowest BCUT2D eigenvalue weighted by Gasteiger charge is -2.19. The number of carbonyl (C=O) groups excluding carboxylic acids is 1. The second-order valence-corrected chi connectivity index (χ2v) is 5.09. The van der Waals surface area contributed by atoms with Gasteiger partial charge in [-0.05, 0) is 32.1 Å². The Labute approximate surface area is 109 Å². The van der Waals surface area contributed by atoms with Crippen molar-refractivity contribution >= 4 is 18.3 Å².